The van der Waals surface area contributed by atoms with Crippen LogP contribution in [0.2, 0.25) is 0 Å². The van der Waals surface area contributed by atoms with Gasteiger partial charge in [0.1, 0.15) is 17.7 Å². The van der Waals surface area contributed by atoms with Crippen molar-refractivity contribution in [1.29, 1.82) is 0 Å². The molecule has 3 aromatic rings. The maximum absolute atomic E-state index is 11.8. The number of aromatic nitrogens is 4. The van der Waals surface area contributed by atoms with E-state index in [4.69, 9.17) is 14.5 Å². The van der Waals surface area contributed by atoms with Crippen LogP contribution in [0.25, 0.3) is 22.4 Å². The lowest BCUT2D eigenvalue weighted by Gasteiger charge is -2.18. The van der Waals surface area contributed by atoms with Crippen LogP contribution < -0.4 is 10.6 Å². The van der Waals surface area contributed by atoms with E-state index in [1.165, 1.54) is 7.11 Å². The molecule has 1 saturated heterocycles. The Morgan fingerprint density at radius 2 is 2.21 bits per heavy atom. The van der Waals surface area contributed by atoms with Crippen LogP contribution in [0, 0.1) is 6.92 Å². The first-order chi connectivity index (χ1) is 16.0. The van der Waals surface area contributed by atoms with Crippen LogP contribution in [-0.4, -0.2) is 75.7 Å². The molecule has 3 atom stereocenters. The van der Waals surface area contributed by atoms with E-state index in [0.717, 1.165) is 28.4 Å². The Labute approximate surface area is 192 Å². The number of rotatable bonds is 9. The van der Waals surface area contributed by atoms with Crippen LogP contribution in [0.5, 0.6) is 0 Å². The molecule has 2 unspecified atom stereocenters. The summed E-state index contributed by atoms with van der Waals surface area (Å²) in [5.41, 5.74) is 3.15. The number of hydrogen-bond donors (Lipinski definition) is 3. The summed E-state index contributed by atoms with van der Waals surface area (Å²) >= 11 is 0. The van der Waals surface area contributed by atoms with E-state index in [0.29, 0.717) is 31.8 Å². The number of hydrogen-bond acceptors (Lipinski definition) is 9. The van der Waals surface area contributed by atoms with Gasteiger partial charge >= 0.3 is 5.97 Å². The highest BCUT2D eigenvalue weighted by Gasteiger charge is 2.30. The Morgan fingerprint density at radius 3 is 2.97 bits per heavy atom. The summed E-state index contributed by atoms with van der Waals surface area (Å²) in [6.07, 6.45) is 2.02. The normalized spacial score (nSPS) is 19.0. The van der Waals surface area contributed by atoms with Gasteiger partial charge in [0.2, 0.25) is 0 Å². The minimum atomic E-state index is -0.335. The minimum Gasteiger partial charge on any atom is -0.468 e. The van der Waals surface area contributed by atoms with Crippen molar-refractivity contribution in [3.8, 4) is 11.3 Å². The average Bonchev–Trinajstić information content (AvgIpc) is 3.42. The quantitative estimate of drug-likeness (QED) is 0.413. The molecule has 0 bridgehead atoms. The summed E-state index contributed by atoms with van der Waals surface area (Å²) in [6, 6.07) is 7.48. The number of aryl methyl sites for hydroxylation is 1. The maximum atomic E-state index is 11.8. The molecule has 33 heavy (non-hydrogen) atoms. The number of nitrogens with zero attached hydrogens (tertiary/aromatic N) is 4. The molecule has 0 radical (unpaired) electrons. The van der Waals surface area contributed by atoms with Crippen molar-refractivity contribution in [1.82, 2.24) is 24.8 Å². The number of pyridine rings is 2. The number of aliphatic hydroxyl groups excluding tert-OH is 1. The Morgan fingerprint density at radius 1 is 1.36 bits per heavy atom. The summed E-state index contributed by atoms with van der Waals surface area (Å²) in [5, 5.41) is 16.3. The number of aliphatic hydroxyl groups is 1. The van der Waals surface area contributed by atoms with Gasteiger partial charge in [-0.05, 0) is 38.5 Å². The molecular weight excluding hydrogens is 424 g/mol. The lowest BCUT2D eigenvalue weighted by Crippen LogP contribution is -2.31. The Bertz CT molecular complexity index is 1120. The molecule has 0 aromatic carbocycles. The second-order valence-corrected chi connectivity index (χ2v) is 8.03. The second-order valence-electron chi connectivity index (χ2n) is 8.03. The summed E-state index contributed by atoms with van der Waals surface area (Å²) in [4.78, 5) is 25.7. The minimum absolute atomic E-state index is 0.0681. The highest BCUT2D eigenvalue weighted by atomic mass is 16.5. The van der Waals surface area contributed by atoms with E-state index in [1.807, 2.05) is 42.7 Å². The van der Waals surface area contributed by atoms with Crippen molar-refractivity contribution in [2.75, 3.05) is 32.2 Å². The first kappa shape index (κ1) is 23.1. The molecule has 0 aliphatic carbocycles. The zero-order valence-corrected chi connectivity index (χ0v) is 19.1. The topological polar surface area (TPSA) is 123 Å². The number of fused-ring (bicyclic) bond motifs is 1. The van der Waals surface area contributed by atoms with E-state index in [9.17, 15) is 9.90 Å². The van der Waals surface area contributed by atoms with Gasteiger partial charge in [0.15, 0.2) is 5.65 Å². The first-order valence-electron chi connectivity index (χ1n) is 11.1. The molecule has 10 heteroatoms. The van der Waals surface area contributed by atoms with Crippen LogP contribution in [-0.2, 0) is 20.8 Å². The smallest absolute Gasteiger partial charge is 0.322 e. The van der Waals surface area contributed by atoms with Gasteiger partial charge in [-0.15, -0.1) is 0 Å². The Balaban J connectivity index is 1.62. The van der Waals surface area contributed by atoms with Crippen molar-refractivity contribution >= 4 is 23.0 Å². The number of nitrogens with one attached hydrogen (secondary N) is 2. The third-order valence-electron chi connectivity index (χ3n) is 5.82. The van der Waals surface area contributed by atoms with Crippen molar-refractivity contribution in [2.24, 2.45) is 0 Å². The molecule has 0 amide bonds. The van der Waals surface area contributed by atoms with E-state index < -0.39 is 0 Å². The van der Waals surface area contributed by atoms with Crippen molar-refractivity contribution < 1.29 is 19.4 Å². The molecular formula is C23H30N6O4. The van der Waals surface area contributed by atoms with E-state index in [2.05, 4.69) is 20.6 Å². The fraction of sp³-hybridized carbons (Fsp3) is 0.478. The third-order valence-corrected chi connectivity index (χ3v) is 5.82. The van der Waals surface area contributed by atoms with Gasteiger partial charge in [-0.2, -0.15) is 0 Å². The number of carbonyl (C=O) groups excluding carboxylic acids is 1. The molecule has 3 aromatic heterocycles. The molecule has 4 heterocycles. The SMILES string of the molecule is CCOC(CO)Cn1c(C)nc2nccc(-c3cccc(N[C@@H]4CNC(C(=O)OC)C4)n3)c21. The summed E-state index contributed by atoms with van der Waals surface area (Å²) in [7, 11) is 1.40. The second kappa shape index (κ2) is 10.2. The molecule has 4 rings (SSSR count). The van der Waals surface area contributed by atoms with Gasteiger partial charge < -0.3 is 29.8 Å². The van der Waals surface area contributed by atoms with Gasteiger partial charge in [-0.1, -0.05) is 6.07 Å². The van der Waals surface area contributed by atoms with Crippen molar-refractivity contribution in [2.45, 2.75) is 45.0 Å². The predicted octanol–water partition coefficient (Wildman–Crippen LogP) is 1.51. The molecule has 1 aliphatic rings. The number of esters is 1. The molecule has 3 N–H and O–H groups in total. The lowest BCUT2D eigenvalue weighted by molar-refractivity contribution is -0.142. The van der Waals surface area contributed by atoms with E-state index >= 15 is 0 Å². The van der Waals surface area contributed by atoms with Crippen LogP contribution in [0.3, 0.4) is 0 Å². The lowest BCUT2D eigenvalue weighted by atomic mass is 10.1. The monoisotopic (exact) mass is 454 g/mol. The van der Waals surface area contributed by atoms with Crippen molar-refractivity contribution in [3.05, 3.63) is 36.3 Å². The van der Waals surface area contributed by atoms with E-state index in [-0.39, 0.29) is 30.8 Å². The largest absolute Gasteiger partial charge is 0.468 e. The predicted molar refractivity (Wildman–Crippen MR) is 124 cm³/mol. The Hall–Kier alpha value is -3.08. The van der Waals surface area contributed by atoms with Gasteiger partial charge in [0.05, 0.1) is 37.6 Å². The number of methoxy groups -OCH3 is 1. The number of imidazole rings is 1. The zero-order valence-electron chi connectivity index (χ0n) is 19.1. The molecule has 1 aliphatic heterocycles. The van der Waals surface area contributed by atoms with Gasteiger partial charge in [-0.3, -0.25) is 4.79 Å². The van der Waals surface area contributed by atoms with E-state index in [1.54, 1.807) is 6.20 Å². The van der Waals surface area contributed by atoms with Gasteiger partial charge in [0.25, 0.3) is 0 Å². The Kier molecular flexibility index (Phi) is 7.17. The fourth-order valence-electron chi connectivity index (χ4n) is 4.24. The zero-order chi connectivity index (χ0) is 23.4. The van der Waals surface area contributed by atoms with Crippen molar-refractivity contribution in [3.63, 3.8) is 0 Å². The van der Waals surface area contributed by atoms with Crippen LogP contribution >= 0.6 is 0 Å². The van der Waals surface area contributed by atoms with Crippen LogP contribution in [0.1, 0.15) is 19.2 Å². The third kappa shape index (κ3) is 4.97. The molecule has 176 valence electrons. The molecule has 0 spiro atoms. The standard InChI is InChI=1S/C23H30N6O4/c1-4-33-16(13-30)12-29-14(2)26-22-21(29)17(8-9-24-22)18-6-5-7-20(28-18)27-15-10-19(25-11-15)23(31)32-3/h5-9,15-16,19,25,30H,4,10-13H2,1-3H3,(H,27,28)/t15-,16?,19?/m0/s1. The number of carbonyl (C=O) groups is 1. The molecule has 0 saturated carbocycles. The summed E-state index contributed by atoms with van der Waals surface area (Å²) in [6.45, 7) is 5.38. The van der Waals surface area contributed by atoms with Crippen LogP contribution in [0.4, 0.5) is 5.82 Å². The number of anilines is 1. The van der Waals surface area contributed by atoms with Gasteiger partial charge in [0, 0.05) is 31.0 Å². The highest BCUT2D eigenvalue weighted by Crippen LogP contribution is 2.28. The number of ether oxygens (including phenoxy) is 2. The molecule has 1 fully saturated rings. The molecule has 10 nitrogen and oxygen atoms in total. The fourth-order valence-corrected chi connectivity index (χ4v) is 4.24. The summed E-state index contributed by atoms with van der Waals surface area (Å²) in [5.74, 6) is 1.26. The first-order valence-corrected chi connectivity index (χ1v) is 11.1. The maximum Gasteiger partial charge on any atom is 0.322 e. The average molecular weight is 455 g/mol. The highest BCUT2D eigenvalue weighted by molar-refractivity contribution is 5.89. The van der Waals surface area contributed by atoms with Gasteiger partial charge in [-0.25, -0.2) is 15.0 Å². The summed E-state index contributed by atoms with van der Waals surface area (Å²) < 4.78 is 12.5. The van der Waals surface area contributed by atoms with Crippen LogP contribution in [0.15, 0.2) is 30.5 Å².